The number of halogens is 1. The number of rotatable bonds is 6. The van der Waals surface area contributed by atoms with E-state index >= 15 is 0 Å². The molecule has 1 aromatic heterocycles. The maximum absolute atomic E-state index is 6.44. The normalized spacial score (nSPS) is 12.6. The number of hydrogen-bond acceptors (Lipinski definition) is 2. The molecule has 1 aromatic carbocycles. The van der Waals surface area contributed by atoms with Crippen LogP contribution in [-0.2, 0) is 13.0 Å². The highest BCUT2D eigenvalue weighted by molar-refractivity contribution is 6.31. The molecule has 1 unspecified atom stereocenters. The molecule has 0 amide bonds. The van der Waals surface area contributed by atoms with Gasteiger partial charge in [-0.1, -0.05) is 48.4 Å². The van der Waals surface area contributed by atoms with Gasteiger partial charge in [0.15, 0.2) is 0 Å². The highest BCUT2D eigenvalue weighted by atomic mass is 35.5. The zero-order valence-corrected chi connectivity index (χ0v) is 14.0. The van der Waals surface area contributed by atoms with Gasteiger partial charge >= 0.3 is 0 Å². The fourth-order valence-electron chi connectivity index (χ4n) is 2.61. The van der Waals surface area contributed by atoms with Crippen LogP contribution in [0.4, 0.5) is 0 Å². The van der Waals surface area contributed by atoms with Gasteiger partial charge in [-0.05, 0) is 32.9 Å². The Bertz CT molecular complexity index is 587. The van der Waals surface area contributed by atoms with E-state index in [9.17, 15) is 0 Å². The van der Waals surface area contributed by atoms with Crippen LogP contribution in [0.2, 0.25) is 5.02 Å². The smallest absolute Gasteiger partial charge is 0.0847 e. The minimum absolute atomic E-state index is 0.259. The molecule has 1 N–H and O–H groups in total. The summed E-state index contributed by atoms with van der Waals surface area (Å²) in [4.78, 5) is 0. The lowest BCUT2D eigenvalue weighted by molar-refractivity contribution is 0.516. The van der Waals surface area contributed by atoms with E-state index < -0.39 is 0 Å². The molecule has 114 valence electrons. The number of benzene rings is 1. The first-order valence-corrected chi connectivity index (χ1v) is 7.96. The molecule has 1 heterocycles. The fraction of sp³-hybridized carbons (Fsp3) is 0.471. The van der Waals surface area contributed by atoms with Crippen molar-refractivity contribution in [3.05, 3.63) is 51.8 Å². The summed E-state index contributed by atoms with van der Waals surface area (Å²) in [5, 5.41) is 8.86. The molecule has 0 fully saturated rings. The number of nitrogens with zero attached hydrogens (tertiary/aromatic N) is 2. The van der Waals surface area contributed by atoms with E-state index in [1.165, 1.54) is 11.1 Å². The Morgan fingerprint density at radius 3 is 2.43 bits per heavy atom. The Morgan fingerprint density at radius 2 is 1.86 bits per heavy atom. The highest BCUT2D eigenvalue weighted by Gasteiger charge is 2.18. The lowest BCUT2D eigenvalue weighted by atomic mass is 10.0. The van der Waals surface area contributed by atoms with Crippen LogP contribution < -0.4 is 5.32 Å². The van der Waals surface area contributed by atoms with Gasteiger partial charge in [0, 0.05) is 19.0 Å². The largest absolute Gasteiger partial charge is 0.310 e. The van der Waals surface area contributed by atoms with Crippen molar-refractivity contribution in [3.8, 4) is 0 Å². The molecule has 0 saturated heterocycles. The number of aryl methyl sites for hydroxylation is 3. The monoisotopic (exact) mass is 305 g/mol. The van der Waals surface area contributed by atoms with Gasteiger partial charge in [0.1, 0.15) is 0 Å². The van der Waals surface area contributed by atoms with Crippen LogP contribution >= 0.6 is 11.6 Å². The number of hydrogen-bond donors (Lipinski definition) is 1. The van der Waals surface area contributed by atoms with Crippen LogP contribution in [0.25, 0.3) is 0 Å². The van der Waals surface area contributed by atoms with Gasteiger partial charge in [0.25, 0.3) is 0 Å². The summed E-state index contributed by atoms with van der Waals surface area (Å²) in [6.45, 7) is 10.1. The third-order valence-electron chi connectivity index (χ3n) is 3.78. The molecular weight excluding hydrogens is 282 g/mol. The average Bonchev–Trinajstić information content (AvgIpc) is 2.75. The minimum atomic E-state index is 0.259. The molecule has 0 aliphatic rings. The van der Waals surface area contributed by atoms with Gasteiger partial charge in [-0.15, -0.1) is 0 Å². The van der Waals surface area contributed by atoms with Crippen molar-refractivity contribution >= 4 is 11.6 Å². The SMILES string of the molecule is CCNC(Cc1c(Cl)c(C)nn1CC)c1ccc(C)cc1. The Kier molecular flexibility index (Phi) is 5.43. The van der Waals surface area contributed by atoms with Crippen LogP contribution in [-0.4, -0.2) is 16.3 Å². The van der Waals surface area contributed by atoms with Crippen molar-refractivity contribution in [2.75, 3.05) is 6.54 Å². The summed E-state index contributed by atoms with van der Waals surface area (Å²) < 4.78 is 2.01. The van der Waals surface area contributed by atoms with E-state index in [1.54, 1.807) is 0 Å². The van der Waals surface area contributed by atoms with E-state index in [2.05, 4.69) is 55.5 Å². The van der Waals surface area contributed by atoms with Crippen molar-refractivity contribution in [2.45, 2.75) is 46.7 Å². The average molecular weight is 306 g/mol. The summed E-state index contributed by atoms with van der Waals surface area (Å²) >= 11 is 6.44. The molecule has 0 radical (unpaired) electrons. The molecule has 0 spiro atoms. The minimum Gasteiger partial charge on any atom is -0.310 e. The second-order valence-electron chi connectivity index (χ2n) is 5.39. The molecule has 0 aliphatic heterocycles. The molecule has 4 heteroatoms. The zero-order chi connectivity index (χ0) is 15.4. The zero-order valence-electron chi connectivity index (χ0n) is 13.3. The van der Waals surface area contributed by atoms with Crippen molar-refractivity contribution in [3.63, 3.8) is 0 Å². The molecule has 2 aromatic rings. The predicted molar refractivity (Wildman–Crippen MR) is 88.9 cm³/mol. The van der Waals surface area contributed by atoms with Gasteiger partial charge in [0.05, 0.1) is 16.4 Å². The first-order chi connectivity index (χ1) is 10.1. The number of likely N-dealkylation sites (N-methyl/N-ethyl adjacent to an activating group) is 1. The maximum atomic E-state index is 6.44. The van der Waals surface area contributed by atoms with Gasteiger partial charge in [-0.25, -0.2) is 0 Å². The summed E-state index contributed by atoms with van der Waals surface area (Å²) in [5.74, 6) is 0. The number of aromatic nitrogens is 2. The summed E-state index contributed by atoms with van der Waals surface area (Å²) in [7, 11) is 0. The lowest BCUT2D eigenvalue weighted by Crippen LogP contribution is -2.24. The molecule has 2 rings (SSSR count). The number of nitrogens with one attached hydrogen (secondary N) is 1. The first-order valence-electron chi connectivity index (χ1n) is 7.58. The van der Waals surface area contributed by atoms with Gasteiger partial charge in [0.2, 0.25) is 0 Å². The Morgan fingerprint density at radius 1 is 1.19 bits per heavy atom. The van der Waals surface area contributed by atoms with Crippen molar-refractivity contribution in [1.82, 2.24) is 15.1 Å². The molecule has 1 atom stereocenters. The molecule has 21 heavy (non-hydrogen) atoms. The third kappa shape index (κ3) is 3.66. The van der Waals surface area contributed by atoms with Crippen LogP contribution in [0.5, 0.6) is 0 Å². The first kappa shape index (κ1) is 16.1. The Labute approximate surface area is 132 Å². The second kappa shape index (κ2) is 7.10. The Hall–Kier alpha value is -1.32. The summed E-state index contributed by atoms with van der Waals surface area (Å²) in [6, 6.07) is 8.95. The van der Waals surface area contributed by atoms with Crippen molar-refractivity contribution in [1.29, 1.82) is 0 Å². The van der Waals surface area contributed by atoms with Crippen LogP contribution in [0, 0.1) is 13.8 Å². The van der Waals surface area contributed by atoms with Crippen molar-refractivity contribution < 1.29 is 0 Å². The predicted octanol–water partition coefficient (Wildman–Crippen LogP) is 4.07. The van der Waals surface area contributed by atoms with E-state index in [0.29, 0.717) is 0 Å². The lowest BCUT2D eigenvalue weighted by Gasteiger charge is -2.19. The van der Waals surface area contributed by atoms with E-state index in [1.807, 2.05) is 11.6 Å². The standard InChI is InChI=1S/C17H24ClN3/c1-5-19-15(14-9-7-12(3)8-10-14)11-16-17(18)13(4)20-21(16)6-2/h7-10,15,19H,5-6,11H2,1-4H3. The summed E-state index contributed by atoms with van der Waals surface area (Å²) in [5.41, 5.74) is 4.59. The fourth-order valence-corrected chi connectivity index (χ4v) is 2.82. The van der Waals surface area contributed by atoms with E-state index in [0.717, 1.165) is 35.9 Å². The van der Waals surface area contributed by atoms with Crippen LogP contribution in [0.1, 0.15) is 42.4 Å². The summed E-state index contributed by atoms with van der Waals surface area (Å²) in [6.07, 6.45) is 0.852. The molecule has 0 bridgehead atoms. The van der Waals surface area contributed by atoms with E-state index in [-0.39, 0.29) is 6.04 Å². The second-order valence-corrected chi connectivity index (χ2v) is 5.76. The maximum Gasteiger partial charge on any atom is 0.0847 e. The molecule has 0 saturated carbocycles. The molecule has 0 aliphatic carbocycles. The highest BCUT2D eigenvalue weighted by Crippen LogP contribution is 2.26. The van der Waals surface area contributed by atoms with Gasteiger partial charge < -0.3 is 5.32 Å². The van der Waals surface area contributed by atoms with Gasteiger partial charge in [-0.3, -0.25) is 4.68 Å². The van der Waals surface area contributed by atoms with E-state index in [4.69, 9.17) is 11.6 Å². The Balaban J connectivity index is 2.30. The van der Waals surface area contributed by atoms with Crippen LogP contribution in [0.15, 0.2) is 24.3 Å². The molecule has 3 nitrogen and oxygen atoms in total. The van der Waals surface area contributed by atoms with Crippen molar-refractivity contribution in [2.24, 2.45) is 0 Å². The molecular formula is C17H24ClN3. The van der Waals surface area contributed by atoms with Gasteiger partial charge in [-0.2, -0.15) is 5.10 Å². The van der Waals surface area contributed by atoms with Crippen LogP contribution in [0.3, 0.4) is 0 Å². The quantitative estimate of drug-likeness (QED) is 0.872. The third-order valence-corrected chi connectivity index (χ3v) is 4.27. The topological polar surface area (TPSA) is 29.9 Å².